The fraction of sp³-hybridized carbons (Fsp3) is 0.381. The summed E-state index contributed by atoms with van der Waals surface area (Å²) < 4.78 is 13.1. The molecule has 0 aliphatic carbocycles. The Morgan fingerprint density at radius 1 is 1.04 bits per heavy atom. The van der Waals surface area contributed by atoms with E-state index < -0.39 is 0 Å². The van der Waals surface area contributed by atoms with Crippen molar-refractivity contribution in [1.82, 2.24) is 4.90 Å². The van der Waals surface area contributed by atoms with Gasteiger partial charge in [0, 0.05) is 44.0 Å². The molecule has 3 rings (SSSR count). The average molecular weight is 356 g/mol. The molecule has 1 aliphatic rings. The Hall–Kier alpha value is -2.40. The van der Waals surface area contributed by atoms with Crippen molar-refractivity contribution >= 4 is 5.69 Å². The second-order valence-electron chi connectivity index (χ2n) is 7.11. The third-order valence-electron chi connectivity index (χ3n) is 4.94. The van der Waals surface area contributed by atoms with Crippen LogP contribution in [0.5, 0.6) is 5.75 Å². The number of aromatic hydroxyl groups is 1. The highest BCUT2D eigenvalue weighted by molar-refractivity contribution is 5.46. The van der Waals surface area contributed by atoms with E-state index in [4.69, 9.17) is 0 Å². The molecule has 0 saturated carbocycles. The van der Waals surface area contributed by atoms with Gasteiger partial charge in [0.25, 0.3) is 0 Å². The van der Waals surface area contributed by atoms with E-state index in [0.29, 0.717) is 12.1 Å². The lowest BCUT2D eigenvalue weighted by Crippen LogP contribution is -2.46. The topological polar surface area (TPSA) is 43.8 Å². The number of anilines is 1. The molecule has 0 unspecified atom stereocenters. The van der Waals surface area contributed by atoms with Crippen LogP contribution in [0, 0.1) is 5.82 Å². The molecule has 1 fully saturated rings. The van der Waals surface area contributed by atoms with Gasteiger partial charge in [0.15, 0.2) is 5.75 Å². The summed E-state index contributed by atoms with van der Waals surface area (Å²) in [4.78, 5) is 16.6. The third kappa shape index (κ3) is 4.22. The molecule has 138 valence electrons. The van der Waals surface area contributed by atoms with Gasteiger partial charge in [0.1, 0.15) is 5.82 Å². The van der Waals surface area contributed by atoms with E-state index in [0.717, 1.165) is 37.4 Å². The largest absolute Gasteiger partial charge is 0.504 e. The molecular formula is C21H25FN2O2. The van der Waals surface area contributed by atoms with Crippen LogP contribution in [0.1, 0.15) is 30.9 Å². The highest BCUT2D eigenvalue weighted by atomic mass is 19.1. The van der Waals surface area contributed by atoms with E-state index in [1.807, 2.05) is 26.0 Å². The van der Waals surface area contributed by atoms with E-state index in [1.165, 1.54) is 18.2 Å². The molecular weight excluding hydrogens is 331 g/mol. The minimum absolute atomic E-state index is 0.155. The van der Waals surface area contributed by atoms with Crippen LogP contribution in [-0.4, -0.2) is 36.2 Å². The summed E-state index contributed by atoms with van der Waals surface area (Å²) >= 11 is 0. The Morgan fingerprint density at radius 3 is 2.31 bits per heavy atom. The number of hydrogen-bond acceptors (Lipinski definition) is 4. The summed E-state index contributed by atoms with van der Waals surface area (Å²) in [6.45, 7) is 7.89. The van der Waals surface area contributed by atoms with Crippen molar-refractivity contribution in [3.05, 3.63) is 69.6 Å². The lowest BCUT2D eigenvalue weighted by atomic mass is 10.1. The monoisotopic (exact) mass is 356 g/mol. The van der Waals surface area contributed by atoms with Crippen molar-refractivity contribution < 1.29 is 9.50 Å². The van der Waals surface area contributed by atoms with E-state index >= 15 is 0 Å². The minimum Gasteiger partial charge on any atom is -0.504 e. The standard InChI is InChI=1S/C21H25FN2O2/c1-15(2)16-3-4-17(21(26)20(25)13-16)14-23-9-11-24(12-10-23)19-7-5-18(22)6-8-19/h3-8,13,15H,9-12,14H2,1-2H3,(H,25,26). The van der Waals surface area contributed by atoms with Gasteiger partial charge < -0.3 is 10.0 Å². The van der Waals surface area contributed by atoms with Crippen molar-refractivity contribution in [2.75, 3.05) is 31.1 Å². The first-order chi connectivity index (χ1) is 12.4. The Balaban J connectivity index is 1.68. The van der Waals surface area contributed by atoms with Crippen LogP contribution in [0.15, 0.2) is 47.3 Å². The number of piperazine rings is 1. The lowest BCUT2D eigenvalue weighted by molar-refractivity contribution is 0.246. The van der Waals surface area contributed by atoms with Crippen molar-refractivity contribution in [3.8, 4) is 5.75 Å². The first kappa shape index (κ1) is 18.4. The zero-order valence-electron chi connectivity index (χ0n) is 15.3. The summed E-state index contributed by atoms with van der Waals surface area (Å²) in [5.74, 6) is -0.145. The molecule has 0 spiro atoms. The van der Waals surface area contributed by atoms with Crippen LogP contribution in [0.25, 0.3) is 0 Å². The first-order valence-electron chi connectivity index (χ1n) is 9.03. The summed E-state index contributed by atoms with van der Waals surface area (Å²) in [5, 5.41) is 10.3. The van der Waals surface area contributed by atoms with E-state index in [9.17, 15) is 14.3 Å². The molecule has 0 radical (unpaired) electrons. The number of halogens is 1. The first-order valence-corrected chi connectivity index (χ1v) is 9.03. The van der Waals surface area contributed by atoms with E-state index in [2.05, 4.69) is 9.80 Å². The minimum atomic E-state index is -0.321. The van der Waals surface area contributed by atoms with Gasteiger partial charge in [-0.05, 0) is 41.8 Å². The maximum Gasteiger partial charge on any atom is 0.220 e. The van der Waals surface area contributed by atoms with Crippen molar-refractivity contribution in [2.45, 2.75) is 26.3 Å². The quantitative estimate of drug-likeness (QED) is 0.913. The van der Waals surface area contributed by atoms with Crippen molar-refractivity contribution in [2.24, 2.45) is 0 Å². The molecule has 4 nitrogen and oxygen atoms in total. The van der Waals surface area contributed by atoms with Gasteiger partial charge in [0.2, 0.25) is 5.43 Å². The van der Waals surface area contributed by atoms with Crippen LogP contribution in [0.4, 0.5) is 10.1 Å². The summed E-state index contributed by atoms with van der Waals surface area (Å²) in [6, 6.07) is 11.9. The van der Waals surface area contributed by atoms with E-state index in [1.54, 1.807) is 12.1 Å². The second kappa shape index (κ2) is 7.87. The van der Waals surface area contributed by atoms with Gasteiger partial charge in [-0.25, -0.2) is 4.39 Å². The number of benzene rings is 1. The zero-order valence-corrected chi connectivity index (χ0v) is 15.3. The fourth-order valence-corrected chi connectivity index (χ4v) is 3.25. The Kier molecular flexibility index (Phi) is 5.57. The second-order valence-corrected chi connectivity index (χ2v) is 7.11. The smallest absolute Gasteiger partial charge is 0.220 e. The van der Waals surface area contributed by atoms with Crippen LogP contribution < -0.4 is 10.3 Å². The normalized spacial score (nSPS) is 15.5. The molecule has 0 atom stereocenters. The molecule has 0 bridgehead atoms. The summed E-state index contributed by atoms with van der Waals surface area (Å²) in [7, 11) is 0. The van der Waals surface area contributed by atoms with Crippen LogP contribution in [0.2, 0.25) is 0 Å². The molecule has 0 amide bonds. The molecule has 2 aromatic rings. The SMILES string of the molecule is CC(C)c1ccc(CN2CCN(c3ccc(F)cc3)CC2)c(O)c(=O)c1. The molecule has 5 heteroatoms. The van der Waals surface area contributed by atoms with Crippen molar-refractivity contribution in [1.29, 1.82) is 0 Å². The van der Waals surface area contributed by atoms with E-state index in [-0.39, 0.29) is 22.9 Å². The van der Waals surface area contributed by atoms with Crippen LogP contribution in [-0.2, 0) is 6.54 Å². The molecule has 2 aromatic carbocycles. The maximum atomic E-state index is 13.1. The molecule has 1 saturated heterocycles. The van der Waals surface area contributed by atoms with Gasteiger partial charge in [-0.3, -0.25) is 9.69 Å². The summed E-state index contributed by atoms with van der Waals surface area (Å²) in [5.41, 5.74) is 2.29. The molecule has 1 aliphatic heterocycles. The summed E-state index contributed by atoms with van der Waals surface area (Å²) in [6.07, 6.45) is 0. The fourth-order valence-electron chi connectivity index (χ4n) is 3.25. The average Bonchev–Trinajstić information content (AvgIpc) is 2.77. The number of nitrogens with zero attached hydrogens (tertiary/aromatic N) is 2. The van der Waals surface area contributed by atoms with Gasteiger partial charge >= 0.3 is 0 Å². The lowest BCUT2D eigenvalue weighted by Gasteiger charge is -2.36. The highest BCUT2D eigenvalue weighted by Crippen LogP contribution is 2.21. The van der Waals surface area contributed by atoms with Gasteiger partial charge in [-0.1, -0.05) is 26.0 Å². The van der Waals surface area contributed by atoms with Crippen LogP contribution >= 0.6 is 0 Å². The van der Waals surface area contributed by atoms with Gasteiger partial charge in [0.05, 0.1) is 0 Å². The molecule has 1 heterocycles. The maximum absolute atomic E-state index is 13.1. The molecule has 0 aromatic heterocycles. The number of rotatable bonds is 4. The Labute approximate surface area is 153 Å². The zero-order chi connectivity index (χ0) is 18.7. The highest BCUT2D eigenvalue weighted by Gasteiger charge is 2.19. The van der Waals surface area contributed by atoms with Gasteiger partial charge in [-0.15, -0.1) is 0 Å². The van der Waals surface area contributed by atoms with Crippen LogP contribution in [0.3, 0.4) is 0 Å². The number of hydrogen-bond donors (Lipinski definition) is 1. The van der Waals surface area contributed by atoms with Gasteiger partial charge in [-0.2, -0.15) is 0 Å². The van der Waals surface area contributed by atoms with Crippen molar-refractivity contribution in [3.63, 3.8) is 0 Å². The predicted octanol–water partition coefficient (Wildman–Crippen LogP) is 3.34. The molecule has 1 N–H and O–H groups in total. The predicted molar refractivity (Wildman–Crippen MR) is 102 cm³/mol. The third-order valence-corrected chi connectivity index (χ3v) is 4.94. The Morgan fingerprint density at radius 2 is 1.69 bits per heavy atom. The molecule has 26 heavy (non-hydrogen) atoms. The Bertz CT molecular complexity index is 813.